The lowest BCUT2D eigenvalue weighted by molar-refractivity contribution is 0.232. The second kappa shape index (κ2) is 4.40. The highest BCUT2D eigenvalue weighted by Gasteiger charge is 2.26. The van der Waals surface area contributed by atoms with Gasteiger partial charge in [0.25, 0.3) is 0 Å². The third-order valence-electron chi connectivity index (χ3n) is 3.48. The molecule has 1 aromatic rings. The lowest BCUT2D eigenvalue weighted by atomic mass is 9.75. The van der Waals surface area contributed by atoms with E-state index >= 15 is 0 Å². The molecule has 0 unspecified atom stereocenters. The number of rotatable bonds is 2. The van der Waals surface area contributed by atoms with Crippen LogP contribution >= 0.6 is 0 Å². The highest BCUT2D eigenvalue weighted by molar-refractivity contribution is 5.36. The minimum absolute atomic E-state index is 0.524. The quantitative estimate of drug-likeness (QED) is 0.830. The molecule has 0 saturated heterocycles. The molecule has 0 bridgehead atoms. The van der Waals surface area contributed by atoms with Gasteiger partial charge in [-0.05, 0) is 49.7 Å². The van der Waals surface area contributed by atoms with Gasteiger partial charge in [-0.1, -0.05) is 13.8 Å². The van der Waals surface area contributed by atoms with Crippen molar-refractivity contribution in [3.8, 4) is 0 Å². The lowest BCUT2D eigenvalue weighted by Crippen LogP contribution is -2.30. The van der Waals surface area contributed by atoms with E-state index in [1.165, 1.54) is 25.7 Å². The van der Waals surface area contributed by atoms with E-state index < -0.39 is 0 Å². The van der Waals surface area contributed by atoms with E-state index in [9.17, 15) is 0 Å². The standard InChI is InChI=1S/C13H21N3/c1-10-8-12(16-14-9-10)15-11-4-6-13(2,3)7-5-11/h8-9,11H,4-7H2,1-3H3,(H,15,16). The maximum absolute atomic E-state index is 4.11. The summed E-state index contributed by atoms with van der Waals surface area (Å²) in [6.07, 6.45) is 6.86. The summed E-state index contributed by atoms with van der Waals surface area (Å²) >= 11 is 0. The van der Waals surface area contributed by atoms with Gasteiger partial charge in [-0.3, -0.25) is 0 Å². The van der Waals surface area contributed by atoms with E-state index in [0.29, 0.717) is 11.5 Å². The average Bonchev–Trinajstić information content (AvgIpc) is 2.21. The number of aromatic nitrogens is 2. The molecule has 0 spiro atoms. The van der Waals surface area contributed by atoms with E-state index in [1.54, 1.807) is 6.20 Å². The van der Waals surface area contributed by atoms with Crippen molar-refractivity contribution < 1.29 is 0 Å². The molecule has 1 fully saturated rings. The van der Waals surface area contributed by atoms with Crippen molar-refractivity contribution in [2.75, 3.05) is 5.32 Å². The van der Waals surface area contributed by atoms with Crippen LogP contribution in [-0.4, -0.2) is 16.2 Å². The molecular weight excluding hydrogens is 198 g/mol. The third kappa shape index (κ3) is 2.94. The number of nitrogens with zero attached hydrogens (tertiary/aromatic N) is 2. The molecule has 3 heteroatoms. The molecule has 16 heavy (non-hydrogen) atoms. The van der Waals surface area contributed by atoms with Crippen LogP contribution in [0.25, 0.3) is 0 Å². The summed E-state index contributed by atoms with van der Waals surface area (Å²) in [7, 11) is 0. The minimum Gasteiger partial charge on any atom is -0.366 e. The van der Waals surface area contributed by atoms with Gasteiger partial charge in [0.15, 0.2) is 0 Å². The summed E-state index contributed by atoms with van der Waals surface area (Å²) in [6, 6.07) is 2.64. The first-order valence-electron chi connectivity index (χ1n) is 6.11. The number of nitrogens with one attached hydrogen (secondary N) is 1. The number of hydrogen-bond donors (Lipinski definition) is 1. The second-order valence-electron chi connectivity index (χ2n) is 5.70. The van der Waals surface area contributed by atoms with E-state index in [0.717, 1.165) is 11.4 Å². The van der Waals surface area contributed by atoms with Crippen LogP contribution in [0.4, 0.5) is 5.82 Å². The molecule has 0 aromatic carbocycles. The van der Waals surface area contributed by atoms with Crippen LogP contribution in [0.3, 0.4) is 0 Å². The first-order valence-corrected chi connectivity index (χ1v) is 6.11. The van der Waals surface area contributed by atoms with E-state index in [2.05, 4.69) is 35.4 Å². The van der Waals surface area contributed by atoms with E-state index in [-0.39, 0.29) is 0 Å². The zero-order chi connectivity index (χ0) is 11.6. The maximum Gasteiger partial charge on any atom is 0.149 e. The Morgan fingerprint density at radius 3 is 2.62 bits per heavy atom. The summed E-state index contributed by atoms with van der Waals surface area (Å²) in [5, 5.41) is 11.6. The molecular formula is C13H21N3. The van der Waals surface area contributed by atoms with Gasteiger partial charge in [0, 0.05) is 6.04 Å². The van der Waals surface area contributed by atoms with Crippen LogP contribution in [-0.2, 0) is 0 Å². The Balaban J connectivity index is 1.92. The largest absolute Gasteiger partial charge is 0.366 e. The Morgan fingerprint density at radius 1 is 1.31 bits per heavy atom. The SMILES string of the molecule is Cc1cnnc(NC2CCC(C)(C)CC2)c1. The predicted molar refractivity (Wildman–Crippen MR) is 66.4 cm³/mol. The van der Waals surface area contributed by atoms with E-state index in [1.807, 2.05) is 6.92 Å². The summed E-state index contributed by atoms with van der Waals surface area (Å²) < 4.78 is 0. The van der Waals surface area contributed by atoms with Gasteiger partial charge in [-0.25, -0.2) is 0 Å². The van der Waals surface area contributed by atoms with Gasteiger partial charge in [0.2, 0.25) is 0 Å². The second-order valence-corrected chi connectivity index (χ2v) is 5.70. The topological polar surface area (TPSA) is 37.8 Å². The van der Waals surface area contributed by atoms with Crippen molar-refractivity contribution in [3.63, 3.8) is 0 Å². The molecule has 1 heterocycles. The normalized spacial score (nSPS) is 20.7. The first kappa shape index (κ1) is 11.4. The molecule has 88 valence electrons. The summed E-state index contributed by atoms with van der Waals surface area (Å²) in [4.78, 5) is 0. The Labute approximate surface area is 97.7 Å². The van der Waals surface area contributed by atoms with Crippen LogP contribution in [0.2, 0.25) is 0 Å². The zero-order valence-electron chi connectivity index (χ0n) is 10.5. The van der Waals surface area contributed by atoms with Crippen LogP contribution < -0.4 is 5.32 Å². The average molecular weight is 219 g/mol. The maximum atomic E-state index is 4.11. The van der Waals surface area contributed by atoms with Gasteiger partial charge < -0.3 is 5.32 Å². The van der Waals surface area contributed by atoms with Crippen molar-refractivity contribution in [1.29, 1.82) is 0 Å². The summed E-state index contributed by atoms with van der Waals surface area (Å²) in [5.41, 5.74) is 1.69. The molecule has 1 N–H and O–H groups in total. The molecule has 1 aliphatic carbocycles. The fraction of sp³-hybridized carbons (Fsp3) is 0.692. The molecule has 3 nitrogen and oxygen atoms in total. The van der Waals surface area contributed by atoms with Crippen LogP contribution in [0, 0.1) is 12.3 Å². The highest BCUT2D eigenvalue weighted by atomic mass is 15.2. The van der Waals surface area contributed by atoms with Crippen molar-refractivity contribution in [2.45, 2.75) is 52.5 Å². The van der Waals surface area contributed by atoms with E-state index in [4.69, 9.17) is 0 Å². The predicted octanol–water partition coefficient (Wildman–Crippen LogP) is 3.17. The zero-order valence-corrected chi connectivity index (χ0v) is 10.5. The van der Waals surface area contributed by atoms with Crippen molar-refractivity contribution in [1.82, 2.24) is 10.2 Å². The first-order chi connectivity index (χ1) is 7.55. The Morgan fingerprint density at radius 2 is 2.00 bits per heavy atom. The third-order valence-corrected chi connectivity index (χ3v) is 3.48. The number of hydrogen-bond acceptors (Lipinski definition) is 3. The molecule has 0 radical (unpaired) electrons. The molecule has 0 aliphatic heterocycles. The molecule has 1 saturated carbocycles. The number of aryl methyl sites for hydroxylation is 1. The monoisotopic (exact) mass is 219 g/mol. The Bertz CT molecular complexity index is 350. The molecule has 0 amide bonds. The van der Waals surface area contributed by atoms with Gasteiger partial charge >= 0.3 is 0 Å². The smallest absolute Gasteiger partial charge is 0.149 e. The molecule has 1 aliphatic rings. The number of anilines is 1. The Kier molecular flexibility index (Phi) is 3.13. The van der Waals surface area contributed by atoms with Crippen LogP contribution in [0.5, 0.6) is 0 Å². The lowest BCUT2D eigenvalue weighted by Gasteiger charge is -2.34. The fourth-order valence-corrected chi connectivity index (χ4v) is 2.29. The van der Waals surface area contributed by atoms with Crippen LogP contribution in [0.1, 0.15) is 45.1 Å². The van der Waals surface area contributed by atoms with Crippen molar-refractivity contribution in [2.24, 2.45) is 5.41 Å². The van der Waals surface area contributed by atoms with Gasteiger partial charge in [0.05, 0.1) is 6.20 Å². The Hall–Kier alpha value is -1.12. The highest BCUT2D eigenvalue weighted by Crippen LogP contribution is 2.35. The molecule has 2 rings (SSSR count). The van der Waals surface area contributed by atoms with Crippen molar-refractivity contribution in [3.05, 3.63) is 17.8 Å². The van der Waals surface area contributed by atoms with Crippen LogP contribution in [0.15, 0.2) is 12.3 Å². The molecule has 1 aromatic heterocycles. The fourth-order valence-electron chi connectivity index (χ4n) is 2.29. The summed E-state index contributed by atoms with van der Waals surface area (Å²) in [6.45, 7) is 6.76. The summed E-state index contributed by atoms with van der Waals surface area (Å²) in [5.74, 6) is 0.921. The molecule has 0 atom stereocenters. The van der Waals surface area contributed by atoms with Gasteiger partial charge in [-0.15, -0.1) is 5.10 Å². The van der Waals surface area contributed by atoms with Gasteiger partial charge in [-0.2, -0.15) is 5.10 Å². The van der Waals surface area contributed by atoms with Crippen molar-refractivity contribution >= 4 is 5.82 Å². The van der Waals surface area contributed by atoms with Gasteiger partial charge in [0.1, 0.15) is 5.82 Å². The minimum atomic E-state index is 0.524.